The van der Waals surface area contributed by atoms with Crippen molar-refractivity contribution in [1.29, 1.82) is 0 Å². The lowest BCUT2D eigenvalue weighted by atomic mass is 10.2. The van der Waals surface area contributed by atoms with Crippen LogP contribution in [0.3, 0.4) is 0 Å². The SMILES string of the molecule is Cc1nc(N)c2nc(CC3CC3)n(CCOCCNC(=O)Nc3cccnc3)c2c1C. The van der Waals surface area contributed by atoms with Crippen LogP contribution in [0.1, 0.15) is 29.9 Å². The first kappa shape index (κ1) is 21.0. The Kier molecular flexibility index (Phi) is 6.31. The van der Waals surface area contributed by atoms with Gasteiger partial charge in [0.05, 0.1) is 30.6 Å². The molecule has 3 heterocycles. The van der Waals surface area contributed by atoms with Crippen LogP contribution < -0.4 is 16.4 Å². The molecule has 31 heavy (non-hydrogen) atoms. The first-order valence-electron chi connectivity index (χ1n) is 10.7. The van der Waals surface area contributed by atoms with E-state index in [2.05, 4.69) is 32.1 Å². The second-order valence-electron chi connectivity index (χ2n) is 7.97. The molecule has 9 heteroatoms. The Bertz CT molecular complexity index is 1060. The van der Waals surface area contributed by atoms with Gasteiger partial charge in [0.25, 0.3) is 0 Å². The monoisotopic (exact) mass is 423 g/mol. The Balaban J connectivity index is 1.31. The summed E-state index contributed by atoms with van der Waals surface area (Å²) in [7, 11) is 0. The Morgan fingerprint density at radius 3 is 2.87 bits per heavy atom. The molecule has 0 bridgehead atoms. The van der Waals surface area contributed by atoms with Crippen LogP contribution >= 0.6 is 0 Å². The molecule has 3 aromatic heterocycles. The Morgan fingerprint density at radius 2 is 2.13 bits per heavy atom. The molecule has 0 aliphatic heterocycles. The van der Waals surface area contributed by atoms with Gasteiger partial charge in [0.2, 0.25) is 0 Å². The summed E-state index contributed by atoms with van der Waals surface area (Å²) in [6, 6.07) is 3.27. The van der Waals surface area contributed by atoms with Crippen molar-refractivity contribution in [3.63, 3.8) is 0 Å². The number of ether oxygens (including phenoxy) is 1. The average Bonchev–Trinajstić information content (AvgIpc) is 3.49. The molecule has 0 spiro atoms. The van der Waals surface area contributed by atoms with Gasteiger partial charge in [-0.15, -0.1) is 0 Å². The molecule has 9 nitrogen and oxygen atoms in total. The molecule has 0 atom stereocenters. The first-order chi connectivity index (χ1) is 15.0. The Labute approximate surface area is 181 Å². The summed E-state index contributed by atoms with van der Waals surface area (Å²) in [5.74, 6) is 2.26. The molecule has 1 aliphatic carbocycles. The van der Waals surface area contributed by atoms with Crippen molar-refractivity contribution in [3.05, 3.63) is 41.6 Å². The molecule has 4 rings (SSSR count). The van der Waals surface area contributed by atoms with Gasteiger partial charge in [-0.3, -0.25) is 4.98 Å². The van der Waals surface area contributed by atoms with Gasteiger partial charge in [0.15, 0.2) is 5.82 Å². The van der Waals surface area contributed by atoms with Crippen LogP contribution in [-0.2, 0) is 17.7 Å². The van der Waals surface area contributed by atoms with Crippen LogP contribution in [0.2, 0.25) is 0 Å². The number of fused-ring (bicyclic) bond motifs is 1. The Morgan fingerprint density at radius 1 is 1.29 bits per heavy atom. The number of pyridine rings is 2. The maximum absolute atomic E-state index is 11.9. The number of carbonyl (C=O) groups excluding carboxylic acids is 1. The zero-order valence-corrected chi connectivity index (χ0v) is 18.0. The highest BCUT2D eigenvalue weighted by Gasteiger charge is 2.26. The molecule has 1 fully saturated rings. The van der Waals surface area contributed by atoms with E-state index in [9.17, 15) is 4.79 Å². The van der Waals surface area contributed by atoms with Gasteiger partial charge < -0.3 is 25.7 Å². The highest BCUT2D eigenvalue weighted by Crippen LogP contribution is 2.34. The average molecular weight is 424 g/mol. The van der Waals surface area contributed by atoms with Gasteiger partial charge in [0.1, 0.15) is 11.3 Å². The summed E-state index contributed by atoms with van der Waals surface area (Å²) in [6.45, 7) is 6.09. The predicted molar refractivity (Wildman–Crippen MR) is 120 cm³/mol. The maximum Gasteiger partial charge on any atom is 0.319 e. The summed E-state index contributed by atoms with van der Waals surface area (Å²) < 4.78 is 8.01. The molecule has 0 radical (unpaired) electrons. The van der Waals surface area contributed by atoms with Crippen molar-refractivity contribution in [2.75, 3.05) is 30.8 Å². The van der Waals surface area contributed by atoms with Crippen LogP contribution in [0, 0.1) is 19.8 Å². The van der Waals surface area contributed by atoms with E-state index in [4.69, 9.17) is 15.5 Å². The van der Waals surface area contributed by atoms with E-state index in [-0.39, 0.29) is 6.03 Å². The second kappa shape index (κ2) is 9.30. The molecule has 0 unspecified atom stereocenters. The summed E-state index contributed by atoms with van der Waals surface area (Å²) >= 11 is 0. The number of aryl methyl sites for hydroxylation is 2. The summed E-state index contributed by atoms with van der Waals surface area (Å²) in [6.07, 6.45) is 6.74. The van der Waals surface area contributed by atoms with E-state index >= 15 is 0 Å². The lowest BCUT2D eigenvalue weighted by Crippen LogP contribution is -2.31. The fourth-order valence-electron chi connectivity index (χ4n) is 3.63. The third-order valence-corrected chi connectivity index (χ3v) is 5.55. The summed E-state index contributed by atoms with van der Waals surface area (Å²) in [5, 5.41) is 5.50. The number of rotatable bonds is 9. The molecule has 2 amide bonds. The number of nitrogen functional groups attached to an aromatic ring is 1. The fourth-order valence-corrected chi connectivity index (χ4v) is 3.63. The lowest BCUT2D eigenvalue weighted by Gasteiger charge is -2.12. The molecular weight excluding hydrogens is 394 g/mol. The third kappa shape index (κ3) is 5.11. The van der Waals surface area contributed by atoms with Crippen molar-refractivity contribution in [2.24, 2.45) is 5.92 Å². The van der Waals surface area contributed by atoms with Crippen LogP contribution in [-0.4, -0.2) is 45.3 Å². The number of imidazole rings is 1. The van der Waals surface area contributed by atoms with E-state index in [1.807, 2.05) is 6.92 Å². The minimum Gasteiger partial charge on any atom is -0.382 e. The molecule has 1 aliphatic rings. The van der Waals surface area contributed by atoms with Gasteiger partial charge in [-0.25, -0.2) is 14.8 Å². The molecule has 3 aromatic rings. The highest BCUT2D eigenvalue weighted by atomic mass is 16.5. The predicted octanol–water partition coefficient (Wildman–Crippen LogP) is 2.82. The highest BCUT2D eigenvalue weighted by molar-refractivity contribution is 5.89. The number of anilines is 2. The lowest BCUT2D eigenvalue weighted by molar-refractivity contribution is 0.129. The van der Waals surface area contributed by atoms with Gasteiger partial charge in [0, 0.05) is 31.4 Å². The minimum absolute atomic E-state index is 0.280. The number of aromatic nitrogens is 4. The smallest absolute Gasteiger partial charge is 0.319 e. The molecule has 0 aromatic carbocycles. The van der Waals surface area contributed by atoms with Crippen LogP contribution in [0.5, 0.6) is 0 Å². The van der Waals surface area contributed by atoms with Gasteiger partial charge >= 0.3 is 6.03 Å². The molecule has 0 saturated heterocycles. The number of nitrogens with one attached hydrogen (secondary N) is 2. The van der Waals surface area contributed by atoms with Crippen LogP contribution in [0.25, 0.3) is 11.0 Å². The summed E-state index contributed by atoms with van der Waals surface area (Å²) in [5.41, 5.74) is 10.7. The largest absolute Gasteiger partial charge is 0.382 e. The van der Waals surface area contributed by atoms with E-state index in [0.29, 0.717) is 37.8 Å². The molecule has 4 N–H and O–H groups in total. The van der Waals surface area contributed by atoms with Gasteiger partial charge in [-0.05, 0) is 50.3 Å². The molecule has 164 valence electrons. The van der Waals surface area contributed by atoms with Crippen molar-refractivity contribution in [2.45, 2.75) is 39.7 Å². The van der Waals surface area contributed by atoms with E-state index in [0.717, 1.165) is 40.5 Å². The zero-order chi connectivity index (χ0) is 21.8. The van der Waals surface area contributed by atoms with Crippen molar-refractivity contribution >= 4 is 28.6 Å². The van der Waals surface area contributed by atoms with Crippen LogP contribution in [0.4, 0.5) is 16.3 Å². The fraction of sp³-hybridized carbons (Fsp3) is 0.455. The number of hydrogen-bond donors (Lipinski definition) is 3. The third-order valence-electron chi connectivity index (χ3n) is 5.55. The van der Waals surface area contributed by atoms with Crippen LogP contribution in [0.15, 0.2) is 24.5 Å². The quantitative estimate of drug-likeness (QED) is 0.455. The maximum atomic E-state index is 11.9. The number of hydrogen-bond acceptors (Lipinski definition) is 6. The topological polar surface area (TPSA) is 120 Å². The van der Waals surface area contributed by atoms with E-state index in [1.165, 1.54) is 12.8 Å². The standard InChI is InChI=1S/C22H29N7O2/c1-14-15(2)26-21(23)19-20(14)29(18(28-19)12-16-5-6-16)9-11-31-10-8-25-22(30)27-17-4-3-7-24-13-17/h3-4,7,13,16H,5-6,8-12H2,1-2H3,(H2,23,26)(H2,25,27,30). The number of amides is 2. The second-order valence-corrected chi connectivity index (χ2v) is 7.97. The summed E-state index contributed by atoms with van der Waals surface area (Å²) in [4.78, 5) is 25.1. The van der Waals surface area contributed by atoms with Crippen molar-refractivity contribution in [3.8, 4) is 0 Å². The zero-order valence-electron chi connectivity index (χ0n) is 18.0. The molecule has 1 saturated carbocycles. The minimum atomic E-state index is -0.280. The van der Waals surface area contributed by atoms with E-state index in [1.54, 1.807) is 24.5 Å². The number of carbonyl (C=O) groups is 1. The Hall–Kier alpha value is -3.20. The van der Waals surface area contributed by atoms with Crippen molar-refractivity contribution in [1.82, 2.24) is 24.8 Å². The number of nitrogens with zero attached hydrogens (tertiary/aromatic N) is 4. The van der Waals surface area contributed by atoms with E-state index < -0.39 is 0 Å². The number of urea groups is 1. The number of nitrogens with two attached hydrogens (primary N) is 1. The first-order valence-corrected chi connectivity index (χ1v) is 10.7. The normalized spacial score (nSPS) is 13.5. The molecular formula is C22H29N7O2. The van der Waals surface area contributed by atoms with Gasteiger partial charge in [-0.2, -0.15) is 0 Å². The van der Waals surface area contributed by atoms with Crippen molar-refractivity contribution < 1.29 is 9.53 Å². The van der Waals surface area contributed by atoms with Gasteiger partial charge in [-0.1, -0.05) is 0 Å².